The second-order valence-corrected chi connectivity index (χ2v) is 4.52. The van der Waals surface area contributed by atoms with Crippen LogP contribution >= 0.6 is 0 Å². The van der Waals surface area contributed by atoms with E-state index in [1.54, 1.807) is 0 Å². The van der Waals surface area contributed by atoms with Crippen molar-refractivity contribution in [3.63, 3.8) is 0 Å². The van der Waals surface area contributed by atoms with Crippen LogP contribution in [0.5, 0.6) is 0 Å². The fourth-order valence-corrected chi connectivity index (χ4v) is 2.05. The van der Waals surface area contributed by atoms with Gasteiger partial charge >= 0.3 is 11.9 Å². The lowest BCUT2D eigenvalue weighted by molar-refractivity contribution is -0.144. The first-order valence-electron chi connectivity index (χ1n) is 5.69. The summed E-state index contributed by atoms with van der Waals surface area (Å²) in [4.78, 5) is 21.6. The van der Waals surface area contributed by atoms with Crippen molar-refractivity contribution in [3.05, 3.63) is 0 Å². The van der Waals surface area contributed by atoms with E-state index in [9.17, 15) is 14.7 Å². The lowest BCUT2D eigenvalue weighted by Gasteiger charge is -2.34. The maximum Gasteiger partial charge on any atom is 0.319 e. The molecule has 98 valence electrons. The third-order valence-corrected chi connectivity index (χ3v) is 3.22. The van der Waals surface area contributed by atoms with Gasteiger partial charge in [0.2, 0.25) is 0 Å². The first-order chi connectivity index (χ1) is 7.97. The van der Waals surface area contributed by atoms with Crippen LogP contribution in [0.25, 0.3) is 0 Å². The van der Waals surface area contributed by atoms with Gasteiger partial charge in [-0.05, 0) is 25.7 Å². The van der Waals surface area contributed by atoms with Gasteiger partial charge in [0.25, 0.3) is 0 Å². The van der Waals surface area contributed by atoms with Crippen LogP contribution in [0.15, 0.2) is 0 Å². The van der Waals surface area contributed by atoms with Crippen molar-refractivity contribution in [2.24, 2.45) is 5.92 Å². The molecule has 0 bridgehead atoms. The van der Waals surface area contributed by atoms with E-state index in [2.05, 4.69) is 10.1 Å². The summed E-state index contributed by atoms with van der Waals surface area (Å²) in [6.07, 6.45) is 1.84. The number of aliphatic hydroxyl groups is 1. The fraction of sp³-hybridized carbons (Fsp3) is 0.818. The quantitative estimate of drug-likeness (QED) is 0.578. The van der Waals surface area contributed by atoms with Gasteiger partial charge in [-0.15, -0.1) is 0 Å². The second-order valence-electron chi connectivity index (χ2n) is 4.52. The average Bonchev–Trinajstić information content (AvgIpc) is 2.29. The summed E-state index contributed by atoms with van der Waals surface area (Å²) in [5.41, 5.74) is -0.903. The molecular formula is C11H19NO5. The zero-order valence-corrected chi connectivity index (χ0v) is 9.94. The fourth-order valence-electron chi connectivity index (χ4n) is 2.05. The molecule has 0 saturated heterocycles. The van der Waals surface area contributed by atoms with Crippen molar-refractivity contribution >= 4 is 11.9 Å². The Hall–Kier alpha value is -1.14. The van der Waals surface area contributed by atoms with Gasteiger partial charge in [-0.1, -0.05) is 0 Å². The van der Waals surface area contributed by atoms with Crippen LogP contribution in [0, 0.1) is 5.92 Å². The number of hydrogen-bond acceptors (Lipinski definition) is 5. The molecule has 0 spiro atoms. The molecular weight excluding hydrogens is 226 g/mol. The minimum absolute atomic E-state index is 0.0567. The number of rotatable bonds is 5. The van der Waals surface area contributed by atoms with E-state index < -0.39 is 11.6 Å². The van der Waals surface area contributed by atoms with E-state index in [1.807, 2.05) is 0 Å². The van der Waals surface area contributed by atoms with Crippen LogP contribution in [-0.4, -0.2) is 48.0 Å². The van der Waals surface area contributed by atoms with Gasteiger partial charge in [0, 0.05) is 6.54 Å². The monoisotopic (exact) mass is 245 g/mol. The highest BCUT2D eigenvalue weighted by Crippen LogP contribution is 2.31. The predicted molar refractivity (Wildman–Crippen MR) is 59.4 cm³/mol. The molecule has 6 nitrogen and oxygen atoms in total. The molecule has 6 heteroatoms. The van der Waals surface area contributed by atoms with Gasteiger partial charge in [-0.3, -0.25) is 9.59 Å². The van der Waals surface area contributed by atoms with Crippen molar-refractivity contribution < 1.29 is 24.5 Å². The minimum Gasteiger partial charge on any atom is -0.481 e. The summed E-state index contributed by atoms with van der Waals surface area (Å²) < 4.78 is 4.46. The third kappa shape index (κ3) is 4.32. The van der Waals surface area contributed by atoms with Gasteiger partial charge in [0.05, 0.1) is 25.2 Å². The summed E-state index contributed by atoms with van der Waals surface area (Å²) >= 11 is 0. The molecule has 17 heavy (non-hydrogen) atoms. The highest BCUT2D eigenvalue weighted by atomic mass is 16.5. The number of carbonyl (C=O) groups excluding carboxylic acids is 1. The largest absolute Gasteiger partial charge is 0.481 e. The van der Waals surface area contributed by atoms with Crippen molar-refractivity contribution in [1.29, 1.82) is 0 Å². The molecule has 0 aliphatic heterocycles. The van der Waals surface area contributed by atoms with Crippen LogP contribution in [0.4, 0.5) is 0 Å². The Labute approximate surface area is 100.0 Å². The summed E-state index contributed by atoms with van der Waals surface area (Å²) in [5.74, 6) is -1.53. The highest BCUT2D eigenvalue weighted by Gasteiger charge is 2.35. The van der Waals surface area contributed by atoms with Crippen LogP contribution < -0.4 is 5.32 Å². The molecule has 0 aromatic carbocycles. The summed E-state index contributed by atoms with van der Waals surface area (Å²) in [6, 6.07) is 0. The van der Waals surface area contributed by atoms with E-state index in [-0.39, 0.29) is 25.0 Å². The Bertz CT molecular complexity index is 284. The molecule has 0 unspecified atom stereocenters. The maximum atomic E-state index is 10.9. The lowest BCUT2D eigenvalue weighted by Crippen LogP contribution is -2.45. The van der Waals surface area contributed by atoms with Gasteiger partial charge in [0.1, 0.15) is 0 Å². The van der Waals surface area contributed by atoms with Crippen molar-refractivity contribution in [2.75, 3.05) is 20.2 Å². The number of carbonyl (C=O) groups is 2. The summed E-state index contributed by atoms with van der Waals surface area (Å²) in [5, 5.41) is 21.8. The number of carboxylic acids is 1. The number of nitrogens with one attached hydrogen (secondary N) is 1. The number of methoxy groups -OCH3 is 1. The van der Waals surface area contributed by atoms with Gasteiger partial charge in [-0.2, -0.15) is 0 Å². The van der Waals surface area contributed by atoms with Crippen molar-refractivity contribution in [3.8, 4) is 0 Å². The zero-order chi connectivity index (χ0) is 12.9. The van der Waals surface area contributed by atoms with Gasteiger partial charge in [-0.25, -0.2) is 0 Å². The molecule has 0 atom stereocenters. The molecule has 0 amide bonds. The number of hydrogen-bond donors (Lipinski definition) is 3. The molecule has 1 saturated carbocycles. The normalized spacial score (nSPS) is 28.7. The minimum atomic E-state index is -0.903. The van der Waals surface area contributed by atoms with Gasteiger partial charge in [0.15, 0.2) is 0 Å². The second kappa shape index (κ2) is 5.97. The van der Waals surface area contributed by atoms with Crippen molar-refractivity contribution in [2.45, 2.75) is 31.3 Å². The first kappa shape index (κ1) is 13.9. The summed E-state index contributed by atoms with van der Waals surface area (Å²) in [6.45, 7) is 0.343. The Balaban J connectivity index is 2.29. The number of ether oxygens (including phenoxy) is 1. The van der Waals surface area contributed by atoms with E-state index in [1.165, 1.54) is 7.11 Å². The van der Waals surface area contributed by atoms with Crippen LogP contribution in [0.2, 0.25) is 0 Å². The molecule has 1 aliphatic rings. The van der Waals surface area contributed by atoms with E-state index >= 15 is 0 Å². The van der Waals surface area contributed by atoms with Crippen LogP contribution in [0.3, 0.4) is 0 Å². The third-order valence-electron chi connectivity index (χ3n) is 3.22. The molecule has 1 fully saturated rings. The molecule has 0 aromatic rings. The Morgan fingerprint density at radius 3 is 2.47 bits per heavy atom. The molecule has 0 aromatic heterocycles. The summed E-state index contributed by atoms with van der Waals surface area (Å²) in [7, 11) is 1.30. The SMILES string of the molecule is COC(=O)CNCC1(O)CCC(C(=O)O)CC1. The first-order valence-corrected chi connectivity index (χ1v) is 5.69. The number of aliphatic carboxylic acids is 1. The van der Waals surface area contributed by atoms with E-state index in [0.717, 1.165) is 0 Å². The molecule has 1 aliphatic carbocycles. The number of esters is 1. The zero-order valence-electron chi connectivity index (χ0n) is 9.94. The number of carboxylic acid groups (broad SMARTS) is 1. The average molecular weight is 245 g/mol. The lowest BCUT2D eigenvalue weighted by atomic mass is 9.79. The van der Waals surface area contributed by atoms with E-state index in [0.29, 0.717) is 25.7 Å². The molecule has 0 heterocycles. The highest BCUT2D eigenvalue weighted by molar-refractivity contribution is 5.71. The van der Waals surface area contributed by atoms with Gasteiger partial charge < -0.3 is 20.3 Å². The predicted octanol–water partition coefficient (Wildman–Crippen LogP) is -0.245. The van der Waals surface area contributed by atoms with Crippen LogP contribution in [-0.2, 0) is 14.3 Å². The topological polar surface area (TPSA) is 95.9 Å². The molecule has 3 N–H and O–H groups in total. The standard InChI is InChI=1S/C11H19NO5/c1-17-9(13)6-12-7-11(16)4-2-8(3-5-11)10(14)15/h8,12,16H,2-7H2,1H3,(H,14,15). The van der Waals surface area contributed by atoms with E-state index in [4.69, 9.17) is 5.11 Å². The van der Waals surface area contributed by atoms with Crippen molar-refractivity contribution in [1.82, 2.24) is 5.32 Å². The Kier molecular flexibility index (Phi) is 4.89. The maximum absolute atomic E-state index is 10.9. The molecule has 0 radical (unpaired) electrons. The Morgan fingerprint density at radius 2 is 2.00 bits per heavy atom. The molecule has 1 rings (SSSR count). The Morgan fingerprint density at radius 1 is 1.41 bits per heavy atom. The smallest absolute Gasteiger partial charge is 0.319 e. The van der Waals surface area contributed by atoms with Crippen LogP contribution in [0.1, 0.15) is 25.7 Å².